The maximum Gasteiger partial charge on any atom is 0.241 e. The molecular weight excluding hydrogens is 296 g/mol. The summed E-state index contributed by atoms with van der Waals surface area (Å²) in [5, 5.41) is 0. The fourth-order valence-electron chi connectivity index (χ4n) is 3.30. The third-order valence-electron chi connectivity index (χ3n) is 4.42. The zero-order valence-corrected chi connectivity index (χ0v) is 14.9. The summed E-state index contributed by atoms with van der Waals surface area (Å²) in [6.45, 7) is 9.11. The number of benzene rings is 1. The fraction of sp³-hybridized carbons (Fsp3) is 0.647. The molecule has 5 heteroatoms. The Labute approximate surface area is 135 Å². The molecular formula is C17H28N2O2S. The van der Waals surface area contributed by atoms with Crippen LogP contribution in [-0.4, -0.2) is 37.5 Å². The van der Waals surface area contributed by atoms with E-state index in [1.54, 1.807) is 24.3 Å². The van der Waals surface area contributed by atoms with E-state index in [2.05, 4.69) is 23.5 Å². The van der Waals surface area contributed by atoms with Crippen molar-refractivity contribution >= 4 is 10.0 Å². The first-order valence-electron chi connectivity index (χ1n) is 8.06. The van der Waals surface area contributed by atoms with Crippen molar-refractivity contribution in [3.63, 3.8) is 0 Å². The smallest absolute Gasteiger partial charge is 0.241 e. The Balaban J connectivity index is 2.10. The minimum absolute atomic E-state index is 0.322. The number of hydrogen-bond acceptors (Lipinski definition) is 3. The molecule has 1 aliphatic rings. The summed E-state index contributed by atoms with van der Waals surface area (Å²) in [6, 6.07) is 9.58. The van der Waals surface area contributed by atoms with Crippen LogP contribution >= 0.6 is 0 Å². The molecule has 124 valence electrons. The van der Waals surface area contributed by atoms with Crippen molar-refractivity contribution < 1.29 is 8.42 Å². The van der Waals surface area contributed by atoms with Crippen LogP contribution in [0.15, 0.2) is 35.2 Å². The topological polar surface area (TPSA) is 49.4 Å². The molecule has 1 aliphatic heterocycles. The van der Waals surface area contributed by atoms with E-state index in [-0.39, 0.29) is 0 Å². The number of rotatable bonds is 5. The molecule has 0 saturated carbocycles. The largest absolute Gasteiger partial charge is 0.296 e. The van der Waals surface area contributed by atoms with Crippen molar-refractivity contribution in [1.82, 2.24) is 9.62 Å². The SMILES string of the molecule is CC1CCCC(C)N1CC(C)(C)NS(=O)(=O)c1ccccc1. The Morgan fingerprint density at radius 3 is 2.23 bits per heavy atom. The molecule has 0 aliphatic carbocycles. The molecule has 0 spiro atoms. The summed E-state index contributed by atoms with van der Waals surface area (Å²) in [6.07, 6.45) is 3.63. The van der Waals surface area contributed by atoms with Crippen molar-refractivity contribution in [2.24, 2.45) is 0 Å². The van der Waals surface area contributed by atoms with Crippen molar-refractivity contribution in [1.29, 1.82) is 0 Å². The molecule has 1 aromatic rings. The Bertz CT molecular complexity index is 574. The summed E-state index contributed by atoms with van der Waals surface area (Å²) in [7, 11) is -3.48. The number of nitrogens with one attached hydrogen (secondary N) is 1. The Morgan fingerprint density at radius 2 is 1.68 bits per heavy atom. The van der Waals surface area contributed by atoms with Gasteiger partial charge in [0.25, 0.3) is 0 Å². The van der Waals surface area contributed by atoms with Gasteiger partial charge in [-0.1, -0.05) is 24.6 Å². The lowest BCUT2D eigenvalue weighted by atomic mass is 9.94. The van der Waals surface area contributed by atoms with Crippen molar-refractivity contribution in [2.75, 3.05) is 6.54 Å². The molecule has 1 heterocycles. The van der Waals surface area contributed by atoms with Gasteiger partial charge in [-0.3, -0.25) is 4.90 Å². The van der Waals surface area contributed by atoms with Crippen molar-refractivity contribution in [3.05, 3.63) is 30.3 Å². The van der Waals surface area contributed by atoms with Crippen LogP contribution in [0.1, 0.15) is 47.0 Å². The average molecular weight is 324 g/mol. The van der Waals surface area contributed by atoms with Gasteiger partial charge in [0.1, 0.15) is 0 Å². The Hall–Kier alpha value is -0.910. The number of nitrogens with zero attached hydrogens (tertiary/aromatic N) is 1. The summed E-state index contributed by atoms with van der Waals surface area (Å²) >= 11 is 0. The summed E-state index contributed by atoms with van der Waals surface area (Å²) < 4.78 is 27.9. The van der Waals surface area contributed by atoms with Crippen molar-refractivity contribution in [3.8, 4) is 0 Å². The maximum absolute atomic E-state index is 12.5. The van der Waals surface area contributed by atoms with Crippen LogP contribution in [0.25, 0.3) is 0 Å². The van der Waals surface area contributed by atoms with Crippen LogP contribution in [0.4, 0.5) is 0 Å². The zero-order valence-electron chi connectivity index (χ0n) is 14.0. The molecule has 0 amide bonds. The normalized spacial score (nSPS) is 24.4. The lowest BCUT2D eigenvalue weighted by molar-refractivity contribution is 0.0790. The number of piperidine rings is 1. The second-order valence-electron chi connectivity index (χ2n) is 7.10. The van der Waals surface area contributed by atoms with E-state index in [0.29, 0.717) is 17.0 Å². The van der Waals surface area contributed by atoms with Crippen LogP contribution < -0.4 is 4.72 Å². The van der Waals surface area contributed by atoms with E-state index < -0.39 is 15.6 Å². The molecule has 22 heavy (non-hydrogen) atoms. The highest BCUT2D eigenvalue weighted by molar-refractivity contribution is 7.89. The zero-order chi connectivity index (χ0) is 16.4. The molecule has 2 atom stereocenters. The summed E-state index contributed by atoms with van der Waals surface area (Å²) in [5.74, 6) is 0. The monoisotopic (exact) mass is 324 g/mol. The van der Waals surface area contributed by atoms with Gasteiger partial charge in [-0.15, -0.1) is 0 Å². The van der Waals surface area contributed by atoms with Gasteiger partial charge in [0.2, 0.25) is 10.0 Å². The molecule has 0 aromatic heterocycles. The predicted octanol–water partition coefficient (Wildman–Crippen LogP) is 3.01. The molecule has 1 aromatic carbocycles. The highest BCUT2D eigenvalue weighted by atomic mass is 32.2. The van der Waals surface area contributed by atoms with Gasteiger partial charge < -0.3 is 0 Å². The van der Waals surface area contributed by atoms with Gasteiger partial charge in [-0.2, -0.15) is 0 Å². The quantitative estimate of drug-likeness (QED) is 0.906. The van der Waals surface area contributed by atoms with Crippen LogP contribution in [0, 0.1) is 0 Å². The Morgan fingerprint density at radius 1 is 1.14 bits per heavy atom. The molecule has 0 bridgehead atoms. The standard InChI is InChI=1S/C17H28N2O2S/c1-14-9-8-10-15(2)19(14)13-17(3,4)18-22(20,21)16-11-6-5-7-12-16/h5-7,11-12,14-15,18H,8-10,13H2,1-4H3. The molecule has 1 saturated heterocycles. The number of sulfonamides is 1. The predicted molar refractivity (Wildman–Crippen MR) is 90.3 cm³/mol. The maximum atomic E-state index is 12.5. The third kappa shape index (κ3) is 4.31. The number of hydrogen-bond donors (Lipinski definition) is 1. The highest BCUT2D eigenvalue weighted by Crippen LogP contribution is 2.25. The molecule has 2 rings (SSSR count). The first kappa shape index (κ1) is 17.4. The van der Waals surface area contributed by atoms with Gasteiger partial charge in [-0.05, 0) is 52.7 Å². The van der Waals surface area contributed by atoms with Crippen LogP contribution in [0.3, 0.4) is 0 Å². The fourth-order valence-corrected chi connectivity index (χ4v) is 4.72. The van der Waals surface area contributed by atoms with Gasteiger partial charge in [0, 0.05) is 24.2 Å². The first-order valence-corrected chi connectivity index (χ1v) is 9.54. The minimum Gasteiger partial charge on any atom is -0.296 e. The van der Waals surface area contributed by atoms with E-state index in [1.807, 2.05) is 19.9 Å². The van der Waals surface area contributed by atoms with E-state index >= 15 is 0 Å². The first-order chi connectivity index (χ1) is 10.2. The molecule has 4 nitrogen and oxygen atoms in total. The lowest BCUT2D eigenvalue weighted by Gasteiger charge is -2.43. The van der Waals surface area contributed by atoms with Crippen LogP contribution in [-0.2, 0) is 10.0 Å². The molecule has 1 fully saturated rings. The second-order valence-corrected chi connectivity index (χ2v) is 8.79. The third-order valence-corrected chi connectivity index (χ3v) is 6.13. The average Bonchev–Trinajstić information content (AvgIpc) is 2.43. The highest BCUT2D eigenvalue weighted by Gasteiger charge is 2.33. The Kier molecular flexibility index (Phi) is 5.30. The van der Waals surface area contributed by atoms with E-state index in [1.165, 1.54) is 19.3 Å². The minimum atomic E-state index is -3.48. The second kappa shape index (κ2) is 6.69. The summed E-state index contributed by atoms with van der Waals surface area (Å²) in [4.78, 5) is 2.75. The van der Waals surface area contributed by atoms with Crippen LogP contribution in [0.5, 0.6) is 0 Å². The van der Waals surface area contributed by atoms with E-state index in [4.69, 9.17) is 0 Å². The lowest BCUT2D eigenvalue weighted by Crippen LogP contribution is -2.56. The van der Waals surface area contributed by atoms with Gasteiger partial charge >= 0.3 is 0 Å². The molecule has 1 N–H and O–H groups in total. The van der Waals surface area contributed by atoms with Gasteiger partial charge in [0.05, 0.1) is 4.90 Å². The van der Waals surface area contributed by atoms with Gasteiger partial charge in [0.15, 0.2) is 0 Å². The molecule has 2 unspecified atom stereocenters. The van der Waals surface area contributed by atoms with E-state index in [0.717, 1.165) is 6.54 Å². The number of likely N-dealkylation sites (tertiary alicyclic amines) is 1. The van der Waals surface area contributed by atoms with Crippen LogP contribution in [0.2, 0.25) is 0 Å². The van der Waals surface area contributed by atoms with E-state index in [9.17, 15) is 8.42 Å². The van der Waals surface area contributed by atoms with Crippen molar-refractivity contribution in [2.45, 2.75) is 69.5 Å². The van der Waals surface area contributed by atoms with Gasteiger partial charge in [-0.25, -0.2) is 13.1 Å². The molecule has 0 radical (unpaired) electrons. The summed E-state index contributed by atoms with van der Waals surface area (Å²) in [5.41, 5.74) is -0.505.